The molecule has 1 aliphatic heterocycles. The van der Waals surface area contributed by atoms with Gasteiger partial charge < -0.3 is 11.1 Å². The number of nitrogens with zero attached hydrogens (tertiary/aromatic N) is 1. The van der Waals surface area contributed by atoms with Gasteiger partial charge in [-0.3, -0.25) is 9.69 Å². The number of carbonyl (C=O) groups is 1. The first-order valence-electron chi connectivity index (χ1n) is 7.11. The minimum absolute atomic E-state index is 0.0672. The van der Waals surface area contributed by atoms with E-state index in [0.29, 0.717) is 30.6 Å². The van der Waals surface area contributed by atoms with E-state index in [4.69, 9.17) is 17.3 Å². The van der Waals surface area contributed by atoms with E-state index >= 15 is 0 Å². The number of amides is 1. The average molecular weight is 296 g/mol. The molecule has 1 aliphatic rings. The summed E-state index contributed by atoms with van der Waals surface area (Å²) in [4.78, 5) is 14.1. The van der Waals surface area contributed by atoms with Crippen LogP contribution in [0.5, 0.6) is 0 Å². The molecule has 1 aromatic rings. The van der Waals surface area contributed by atoms with Crippen molar-refractivity contribution in [3.8, 4) is 0 Å². The summed E-state index contributed by atoms with van der Waals surface area (Å²) in [5.74, 6) is 0.602. The quantitative estimate of drug-likeness (QED) is 0.868. The number of benzene rings is 1. The molecule has 0 spiro atoms. The Morgan fingerprint density at radius 3 is 2.85 bits per heavy atom. The summed E-state index contributed by atoms with van der Waals surface area (Å²) < 4.78 is 0. The summed E-state index contributed by atoms with van der Waals surface area (Å²) in [7, 11) is 0. The first-order valence-corrected chi connectivity index (χ1v) is 7.48. The molecule has 0 saturated carbocycles. The first kappa shape index (κ1) is 15.3. The maximum Gasteiger partial charge on any atom is 0.234 e. The Bertz CT molecular complexity index is 435. The Balaban J connectivity index is 1.73. The second-order valence-electron chi connectivity index (χ2n) is 5.38. The predicted molar refractivity (Wildman–Crippen MR) is 81.5 cm³/mol. The molecule has 1 saturated heterocycles. The number of carbonyl (C=O) groups excluding carboxylic acids is 1. The zero-order valence-corrected chi connectivity index (χ0v) is 12.4. The minimum atomic E-state index is 0.0672. The second kappa shape index (κ2) is 7.62. The molecular weight excluding hydrogens is 274 g/mol. The van der Waals surface area contributed by atoms with Crippen LogP contribution in [-0.2, 0) is 11.3 Å². The third-order valence-electron chi connectivity index (χ3n) is 3.71. The zero-order chi connectivity index (χ0) is 14.4. The molecule has 110 valence electrons. The summed E-state index contributed by atoms with van der Waals surface area (Å²) in [6.45, 7) is 3.65. The highest BCUT2D eigenvalue weighted by atomic mass is 35.5. The third kappa shape index (κ3) is 4.78. The molecule has 3 N–H and O–H groups in total. The number of likely N-dealkylation sites (tertiary alicyclic amines) is 1. The van der Waals surface area contributed by atoms with Gasteiger partial charge in [0.05, 0.1) is 6.54 Å². The van der Waals surface area contributed by atoms with Gasteiger partial charge in [0, 0.05) is 18.1 Å². The molecule has 0 aromatic heterocycles. The summed E-state index contributed by atoms with van der Waals surface area (Å²) in [5, 5.41) is 3.65. The first-order chi connectivity index (χ1) is 9.67. The molecular formula is C15H22ClN3O. The molecule has 4 nitrogen and oxygen atoms in total. The molecule has 0 radical (unpaired) electrons. The van der Waals surface area contributed by atoms with Gasteiger partial charge in [0.25, 0.3) is 0 Å². The lowest BCUT2D eigenvalue weighted by molar-refractivity contribution is -0.122. The lowest BCUT2D eigenvalue weighted by atomic mass is 9.98. The summed E-state index contributed by atoms with van der Waals surface area (Å²) >= 11 is 5.83. The fourth-order valence-electron chi connectivity index (χ4n) is 2.55. The number of rotatable bonds is 5. The van der Waals surface area contributed by atoms with E-state index in [1.807, 2.05) is 24.3 Å². The Labute approximate surface area is 125 Å². The number of piperidine rings is 1. The molecule has 20 heavy (non-hydrogen) atoms. The van der Waals surface area contributed by atoms with E-state index in [2.05, 4.69) is 10.2 Å². The van der Waals surface area contributed by atoms with Gasteiger partial charge in [0.1, 0.15) is 0 Å². The fraction of sp³-hybridized carbons (Fsp3) is 0.533. The Morgan fingerprint density at radius 2 is 2.15 bits per heavy atom. The van der Waals surface area contributed by atoms with Crippen LogP contribution < -0.4 is 11.1 Å². The molecule has 1 aromatic carbocycles. The van der Waals surface area contributed by atoms with Gasteiger partial charge in [-0.05, 0) is 49.5 Å². The van der Waals surface area contributed by atoms with Gasteiger partial charge in [-0.25, -0.2) is 0 Å². The third-order valence-corrected chi connectivity index (χ3v) is 3.96. The number of halogens is 1. The van der Waals surface area contributed by atoms with Crippen LogP contribution in [-0.4, -0.2) is 37.0 Å². The lowest BCUT2D eigenvalue weighted by Gasteiger charge is -2.31. The Hall–Kier alpha value is -1.10. The minimum Gasteiger partial charge on any atom is -0.351 e. The number of nitrogens with two attached hydrogens (primary N) is 1. The maximum absolute atomic E-state index is 11.9. The number of hydrogen-bond acceptors (Lipinski definition) is 3. The van der Waals surface area contributed by atoms with Gasteiger partial charge in [-0.2, -0.15) is 0 Å². The summed E-state index contributed by atoms with van der Waals surface area (Å²) in [6.07, 6.45) is 2.31. The van der Waals surface area contributed by atoms with E-state index in [0.717, 1.165) is 25.1 Å². The Kier molecular flexibility index (Phi) is 5.83. The van der Waals surface area contributed by atoms with Gasteiger partial charge >= 0.3 is 0 Å². The van der Waals surface area contributed by atoms with E-state index in [1.54, 1.807) is 0 Å². The number of hydrogen-bond donors (Lipinski definition) is 2. The van der Waals surface area contributed by atoms with Gasteiger partial charge in [-0.1, -0.05) is 23.7 Å². The standard InChI is InChI=1S/C15H22ClN3O/c16-14-5-3-12(4-6-14)9-18-15(20)11-19-7-1-2-13(8-17)10-19/h3-6,13H,1-2,7-11,17H2,(H,18,20). The molecule has 2 rings (SSSR count). The topological polar surface area (TPSA) is 58.4 Å². The molecule has 1 amide bonds. The van der Waals surface area contributed by atoms with Crippen LogP contribution in [0.2, 0.25) is 5.02 Å². The highest BCUT2D eigenvalue weighted by Crippen LogP contribution is 2.14. The van der Waals surface area contributed by atoms with Crippen molar-refractivity contribution in [1.29, 1.82) is 0 Å². The van der Waals surface area contributed by atoms with Crippen molar-refractivity contribution in [3.05, 3.63) is 34.9 Å². The van der Waals surface area contributed by atoms with E-state index in [9.17, 15) is 4.79 Å². The maximum atomic E-state index is 11.9. The van der Waals surface area contributed by atoms with E-state index < -0.39 is 0 Å². The van der Waals surface area contributed by atoms with Crippen LogP contribution in [0.1, 0.15) is 18.4 Å². The van der Waals surface area contributed by atoms with E-state index in [1.165, 1.54) is 6.42 Å². The zero-order valence-electron chi connectivity index (χ0n) is 11.6. The number of nitrogens with one attached hydrogen (secondary N) is 1. The fourth-order valence-corrected chi connectivity index (χ4v) is 2.68. The monoisotopic (exact) mass is 295 g/mol. The largest absolute Gasteiger partial charge is 0.351 e. The SMILES string of the molecule is NCC1CCCN(CC(=O)NCc2ccc(Cl)cc2)C1. The van der Waals surface area contributed by atoms with Gasteiger partial charge in [0.2, 0.25) is 5.91 Å². The van der Waals surface area contributed by atoms with Crippen LogP contribution in [0.3, 0.4) is 0 Å². The van der Waals surface area contributed by atoms with Crippen LogP contribution >= 0.6 is 11.6 Å². The van der Waals surface area contributed by atoms with Crippen molar-refractivity contribution in [3.63, 3.8) is 0 Å². The smallest absolute Gasteiger partial charge is 0.234 e. The van der Waals surface area contributed by atoms with Crippen LogP contribution in [0.25, 0.3) is 0 Å². The van der Waals surface area contributed by atoms with Gasteiger partial charge in [0.15, 0.2) is 0 Å². The molecule has 1 atom stereocenters. The predicted octanol–water partition coefficient (Wildman–Crippen LogP) is 1.63. The lowest BCUT2D eigenvalue weighted by Crippen LogP contribution is -2.43. The van der Waals surface area contributed by atoms with Crippen LogP contribution in [0, 0.1) is 5.92 Å². The van der Waals surface area contributed by atoms with E-state index in [-0.39, 0.29) is 5.91 Å². The summed E-state index contributed by atoms with van der Waals surface area (Å²) in [6, 6.07) is 7.51. The summed E-state index contributed by atoms with van der Waals surface area (Å²) in [5.41, 5.74) is 6.76. The molecule has 1 fully saturated rings. The van der Waals surface area contributed by atoms with Crippen molar-refractivity contribution in [2.45, 2.75) is 19.4 Å². The Morgan fingerprint density at radius 1 is 1.40 bits per heavy atom. The van der Waals surface area contributed by atoms with Crippen molar-refractivity contribution in [2.24, 2.45) is 11.7 Å². The highest BCUT2D eigenvalue weighted by Gasteiger charge is 2.20. The second-order valence-corrected chi connectivity index (χ2v) is 5.82. The molecule has 5 heteroatoms. The normalized spacial score (nSPS) is 19.8. The van der Waals surface area contributed by atoms with Crippen molar-refractivity contribution < 1.29 is 4.79 Å². The van der Waals surface area contributed by atoms with Crippen LogP contribution in [0.4, 0.5) is 0 Å². The average Bonchev–Trinajstić information content (AvgIpc) is 2.47. The van der Waals surface area contributed by atoms with Crippen molar-refractivity contribution in [1.82, 2.24) is 10.2 Å². The van der Waals surface area contributed by atoms with Gasteiger partial charge in [-0.15, -0.1) is 0 Å². The highest BCUT2D eigenvalue weighted by molar-refractivity contribution is 6.30. The van der Waals surface area contributed by atoms with Crippen molar-refractivity contribution in [2.75, 3.05) is 26.2 Å². The molecule has 1 heterocycles. The molecule has 0 aliphatic carbocycles. The molecule has 1 unspecified atom stereocenters. The van der Waals surface area contributed by atoms with Crippen LogP contribution in [0.15, 0.2) is 24.3 Å². The molecule has 0 bridgehead atoms. The van der Waals surface area contributed by atoms with Crippen molar-refractivity contribution >= 4 is 17.5 Å².